The highest BCUT2D eigenvalue weighted by molar-refractivity contribution is 9.10. The Morgan fingerprint density at radius 1 is 1.36 bits per heavy atom. The molecule has 2 rings (SSSR count). The zero-order valence-corrected chi connectivity index (χ0v) is 14.6. The van der Waals surface area contributed by atoms with Crippen LogP contribution in [0.3, 0.4) is 0 Å². The lowest BCUT2D eigenvalue weighted by atomic mass is 10.2. The number of benzene rings is 2. The van der Waals surface area contributed by atoms with Gasteiger partial charge in [-0.3, -0.25) is 14.9 Å². The second-order valence-corrected chi connectivity index (χ2v) is 5.70. The molecule has 128 valence electrons. The van der Waals surface area contributed by atoms with Crippen molar-refractivity contribution in [3.05, 3.63) is 80.8 Å². The van der Waals surface area contributed by atoms with Gasteiger partial charge < -0.3 is 4.74 Å². The molecule has 0 aliphatic heterocycles. The molecule has 0 bridgehead atoms. The maximum Gasteiger partial charge on any atom is 0.271 e. The summed E-state index contributed by atoms with van der Waals surface area (Å²) in [7, 11) is 0. The van der Waals surface area contributed by atoms with Gasteiger partial charge in [-0.25, -0.2) is 5.43 Å². The Labute approximate surface area is 152 Å². The van der Waals surface area contributed by atoms with E-state index in [-0.39, 0.29) is 11.3 Å². The highest BCUT2D eigenvalue weighted by Crippen LogP contribution is 2.21. The van der Waals surface area contributed by atoms with Crippen molar-refractivity contribution in [3.8, 4) is 5.75 Å². The Kier molecular flexibility index (Phi) is 6.41. The number of carbonyl (C=O) groups is 1. The number of carbonyl (C=O) groups excluding carboxylic acids is 1. The van der Waals surface area contributed by atoms with Crippen molar-refractivity contribution in [1.29, 1.82) is 0 Å². The number of hydrogen-bond acceptors (Lipinski definition) is 5. The molecule has 0 radical (unpaired) electrons. The first kappa shape index (κ1) is 18.3. The Hall–Kier alpha value is -3.00. The third-order valence-electron chi connectivity index (χ3n) is 3.02. The lowest BCUT2D eigenvalue weighted by Gasteiger charge is -2.07. The van der Waals surface area contributed by atoms with Gasteiger partial charge in [0.15, 0.2) is 0 Å². The molecule has 1 N–H and O–H groups in total. The molecular formula is C17H14BrN3O4. The Morgan fingerprint density at radius 2 is 2.16 bits per heavy atom. The van der Waals surface area contributed by atoms with Crippen molar-refractivity contribution in [2.45, 2.75) is 0 Å². The highest BCUT2D eigenvalue weighted by Gasteiger charge is 2.10. The largest absolute Gasteiger partial charge is 0.489 e. The van der Waals surface area contributed by atoms with Crippen LogP contribution in [-0.4, -0.2) is 23.7 Å². The predicted octanol–water partition coefficient (Wildman–Crippen LogP) is 3.69. The zero-order valence-electron chi connectivity index (χ0n) is 13.0. The Morgan fingerprint density at radius 3 is 2.88 bits per heavy atom. The molecule has 2 aromatic carbocycles. The van der Waals surface area contributed by atoms with E-state index in [1.807, 2.05) is 6.07 Å². The maximum atomic E-state index is 12.0. The van der Waals surface area contributed by atoms with Gasteiger partial charge in [0, 0.05) is 27.7 Å². The number of hydrazone groups is 1. The van der Waals surface area contributed by atoms with Gasteiger partial charge in [0.25, 0.3) is 11.6 Å². The van der Waals surface area contributed by atoms with Crippen LogP contribution in [-0.2, 0) is 0 Å². The first-order chi connectivity index (χ1) is 12.0. The van der Waals surface area contributed by atoms with Crippen LogP contribution in [0.4, 0.5) is 5.69 Å². The van der Waals surface area contributed by atoms with Gasteiger partial charge in [0.1, 0.15) is 12.4 Å². The topological polar surface area (TPSA) is 93.8 Å². The summed E-state index contributed by atoms with van der Waals surface area (Å²) in [6.45, 7) is 3.92. The van der Waals surface area contributed by atoms with Crippen LogP contribution >= 0.6 is 15.9 Å². The van der Waals surface area contributed by atoms with E-state index in [1.165, 1.54) is 30.5 Å². The number of nitrogens with zero attached hydrogens (tertiary/aromatic N) is 2. The van der Waals surface area contributed by atoms with Crippen molar-refractivity contribution in [3.63, 3.8) is 0 Å². The van der Waals surface area contributed by atoms with E-state index in [2.05, 4.69) is 33.0 Å². The number of nitro benzene ring substituents is 1. The summed E-state index contributed by atoms with van der Waals surface area (Å²) in [4.78, 5) is 22.2. The molecule has 2 aromatic rings. The van der Waals surface area contributed by atoms with Crippen molar-refractivity contribution in [2.24, 2.45) is 5.10 Å². The van der Waals surface area contributed by atoms with Gasteiger partial charge in [-0.05, 0) is 24.3 Å². The van der Waals surface area contributed by atoms with E-state index in [9.17, 15) is 14.9 Å². The summed E-state index contributed by atoms with van der Waals surface area (Å²) in [6, 6.07) is 10.8. The van der Waals surface area contributed by atoms with Crippen molar-refractivity contribution in [1.82, 2.24) is 5.43 Å². The minimum Gasteiger partial charge on any atom is -0.489 e. The molecular weight excluding hydrogens is 390 g/mol. The lowest BCUT2D eigenvalue weighted by molar-refractivity contribution is -0.384. The van der Waals surface area contributed by atoms with Crippen LogP contribution in [0.25, 0.3) is 0 Å². The number of nitro groups is 1. The molecule has 0 aliphatic carbocycles. The first-order valence-corrected chi connectivity index (χ1v) is 7.91. The van der Waals surface area contributed by atoms with E-state index < -0.39 is 10.8 Å². The SMILES string of the molecule is C=CCOc1ccc(Br)cc1/C=N\NC(=O)c1cccc([N+](=O)[O-])c1. The van der Waals surface area contributed by atoms with E-state index in [0.717, 1.165) is 4.47 Å². The van der Waals surface area contributed by atoms with Crippen LogP contribution in [0.5, 0.6) is 5.75 Å². The number of hydrogen-bond donors (Lipinski definition) is 1. The zero-order chi connectivity index (χ0) is 18.2. The molecule has 25 heavy (non-hydrogen) atoms. The number of ether oxygens (including phenoxy) is 1. The van der Waals surface area contributed by atoms with Crippen LogP contribution in [0.1, 0.15) is 15.9 Å². The average molecular weight is 404 g/mol. The molecule has 0 unspecified atom stereocenters. The second kappa shape index (κ2) is 8.74. The number of halogens is 1. The maximum absolute atomic E-state index is 12.0. The van der Waals surface area contributed by atoms with E-state index >= 15 is 0 Å². The summed E-state index contributed by atoms with van der Waals surface area (Å²) in [5.74, 6) is 0.0277. The van der Waals surface area contributed by atoms with Crippen LogP contribution in [0.15, 0.2) is 64.7 Å². The van der Waals surface area contributed by atoms with Crippen molar-refractivity contribution >= 4 is 33.7 Å². The Bertz CT molecular complexity index is 836. The van der Waals surface area contributed by atoms with Gasteiger partial charge in [0.2, 0.25) is 0 Å². The van der Waals surface area contributed by atoms with Crippen molar-refractivity contribution < 1.29 is 14.5 Å². The lowest BCUT2D eigenvalue weighted by Crippen LogP contribution is -2.17. The smallest absolute Gasteiger partial charge is 0.271 e. The summed E-state index contributed by atoms with van der Waals surface area (Å²) < 4.78 is 6.33. The monoisotopic (exact) mass is 403 g/mol. The van der Waals surface area contributed by atoms with Crippen LogP contribution < -0.4 is 10.2 Å². The quantitative estimate of drug-likeness (QED) is 0.330. The van der Waals surface area contributed by atoms with E-state index in [4.69, 9.17) is 4.74 Å². The minimum absolute atomic E-state index is 0.142. The second-order valence-electron chi connectivity index (χ2n) is 4.79. The van der Waals surface area contributed by atoms with E-state index in [1.54, 1.807) is 18.2 Å². The summed E-state index contributed by atoms with van der Waals surface area (Å²) in [6.07, 6.45) is 3.05. The third-order valence-corrected chi connectivity index (χ3v) is 3.51. The molecule has 8 heteroatoms. The number of amides is 1. The normalized spacial score (nSPS) is 10.4. The van der Waals surface area contributed by atoms with Gasteiger partial charge in [0.05, 0.1) is 11.1 Å². The number of non-ortho nitro benzene ring substituents is 1. The fourth-order valence-electron chi connectivity index (χ4n) is 1.89. The molecule has 0 saturated heterocycles. The number of rotatable bonds is 7. The van der Waals surface area contributed by atoms with Gasteiger partial charge in [-0.15, -0.1) is 0 Å². The molecule has 0 spiro atoms. The molecule has 0 aliphatic rings. The third kappa shape index (κ3) is 5.25. The molecule has 1 amide bonds. The summed E-state index contributed by atoms with van der Waals surface area (Å²) in [5, 5.41) is 14.6. The molecule has 0 saturated carbocycles. The summed E-state index contributed by atoms with van der Waals surface area (Å²) in [5.41, 5.74) is 2.96. The minimum atomic E-state index is -0.565. The molecule has 7 nitrogen and oxygen atoms in total. The molecule has 0 heterocycles. The fourth-order valence-corrected chi connectivity index (χ4v) is 2.26. The number of nitrogens with one attached hydrogen (secondary N) is 1. The fraction of sp³-hybridized carbons (Fsp3) is 0.0588. The molecule has 0 fully saturated rings. The predicted molar refractivity (Wildman–Crippen MR) is 98.0 cm³/mol. The van der Waals surface area contributed by atoms with Crippen molar-refractivity contribution in [2.75, 3.05) is 6.61 Å². The highest BCUT2D eigenvalue weighted by atomic mass is 79.9. The van der Waals surface area contributed by atoms with Gasteiger partial charge in [-0.2, -0.15) is 5.10 Å². The van der Waals surface area contributed by atoms with E-state index in [0.29, 0.717) is 17.9 Å². The van der Waals surface area contributed by atoms with Gasteiger partial charge >= 0.3 is 0 Å². The molecule has 0 atom stereocenters. The average Bonchev–Trinajstić information content (AvgIpc) is 2.61. The van der Waals surface area contributed by atoms with Crippen LogP contribution in [0.2, 0.25) is 0 Å². The Balaban J connectivity index is 2.11. The standard InChI is InChI=1S/C17H14BrN3O4/c1-2-8-25-16-7-6-14(18)9-13(16)11-19-20-17(22)12-4-3-5-15(10-12)21(23)24/h2-7,9-11H,1,8H2,(H,20,22)/b19-11-. The first-order valence-electron chi connectivity index (χ1n) is 7.12. The van der Waals surface area contributed by atoms with Gasteiger partial charge in [-0.1, -0.05) is 34.7 Å². The summed E-state index contributed by atoms with van der Waals surface area (Å²) >= 11 is 3.35. The molecule has 0 aromatic heterocycles. The van der Waals surface area contributed by atoms with Crippen LogP contribution in [0, 0.1) is 10.1 Å².